The normalized spacial score (nSPS) is 11.9. The van der Waals surface area contributed by atoms with Crippen molar-refractivity contribution in [2.24, 2.45) is 0 Å². The number of aliphatic carboxylic acids is 1. The molecule has 0 bridgehead atoms. The van der Waals surface area contributed by atoms with E-state index in [9.17, 15) is 4.79 Å². The second-order valence-corrected chi connectivity index (χ2v) is 13.7. The molecule has 0 unspecified atom stereocenters. The van der Waals surface area contributed by atoms with Crippen LogP contribution in [0.25, 0.3) is 0 Å². The van der Waals surface area contributed by atoms with Gasteiger partial charge in [0.15, 0.2) is 0 Å². The molecule has 0 saturated heterocycles. The number of hydrogen-bond donors (Lipinski definition) is 1. The zero-order valence-electron chi connectivity index (χ0n) is 21.6. The van der Waals surface area contributed by atoms with E-state index in [0.717, 1.165) is 31.8 Å². The molecule has 0 aliphatic heterocycles. The molecule has 3 aromatic rings. The predicted molar refractivity (Wildman–Crippen MR) is 146 cm³/mol. The number of benzene rings is 2. The van der Waals surface area contributed by atoms with Crippen LogP contribution < -0.4 is 15.9 Å². The largest absolute Gasteiger partial charge is 0.481 e. The number of nitrogens with zero attached hydrogens (tertiary/aromatic N) is 2. The van der Waals surface area contributed by atoms with Crippen molar-refractivity contribution in [3.05, 3.63) is 71.0 Å². The summed E-state index contributed by atoms with van der Waals surface area (Å²) >= 11 is 0. The molecule has 3 rings (SSSR count). The Bertz CT molecular complexity index is 1040. The van der Waals surface area contributed by atoms with Crippen LogP contribution in [0.3, 0.4) is 0 Å². The third-order valence-electron chi connectivity index (χ3n) is 6.49. The summed E-state index contributed by atoms with van der Waals surface area (Å²) in [6, 6.07) is 14.4. The van der Waals surface area contributed by atoms with Gasteiger partial charge in [-0.2, -0.15) is 5.10 Å². The molecule has 5 heteroatoms. The highest BCUT2D eigenvalue weighted by molar-refractivity contribution is 7.95. The van der Waals surface area contributed by atoms with E-state index in [1.165, 1.54) is 38.2 Å². The summed E-state index contributed by atoms with van der Waals surface area (Å²) in [5, 5.41) is 17.9. The SMILES string of the molecule is Cc1cc(C)cc([P+](CCCCCCC(=O)O)(c2cc(C)cc(C)c2)c2cnn(C(C)C)c2)c1. The van der Waals surface area contributed by atoms with Crippen LogP contribution in [0.15, 0.2) is 48.8 Å². The number of carboxylic acid groups (broad SMARTS) is 1. The number of rotatable bonds is 11. The Morgan fingerprint density at radius 3 is 1.76 bits per heavy atom. The lowest BCUT2D eigenvalue weighted by atomic mass is 10.1. The number of carboxylic acids is 1. The molecule has 1 N–H and O–H groups in total. The topological polar surface area (TPSA) is 55.1 Å². The minimum atomic E-state index is -1.95. The average Bonchev–Trinajstić information content (AvgIpc) is 3.22. The summed E-state index contributed by atoms with van der Waals surface area (Å²) in [6.07, 6.45) is 9.52. The van der Waals surface area contributed by atoms with Crippen molar-refractivity contribution >= 4 is 29.1 Å². The lowest BCUT2D eigenvalue weighted by Gasteiger charge is -2.28. The number of aromatic nitrogens is 2. The van der Waals surface area contributed by atoms with Crippen molar-refractivity contribution in [2.45, 2.75) is 79.7 Å². The molecular formula is C29H40N2O2P+. The molecule has 0 saturated carbocycles. The molecule has 0 aliphatic rings. The van der Waals surface area contributed by atoms with E-state index in [2.05, 4.69) is 95.0 Å². The Morgan fingerprint density at radius 2 is 1.32 bits per heavy atom. The van der Waals surface area contributed by atoms with Gasteiger partial charge in [-0.15, -0.1) is 0 Å². The lowest BCUT2D eigenvalue weighted by Crippen LogP contribution is -2.34. The minimum Gasteiger partial charge on any atom is -0.481 e. The Morgan fingerprint density at radius 1 is 0.824 bits per heavy atom. The van der Waals surface area contributed by atoms with Gasteiger partial charge in [-0.1, -0.05) is 18.6 Å². The Labute approximate surface area is 205 Å². The third-order valence-corrected chi connectivity index (χ3v) is 10.9. The van der Waals surface area contributed by atoms with Crippen molar-refractivity contribution in [1.82, 2.24) is 9.78 Å². The molecule has 4 nitrogen and oxygen atoms in total. The van der Waals surface area contributed by atoms with Crippen molar-refractivity contribution in [3.8, 4) is 0 Å². The highest BCUT2D eigenvalue weighted by atomic mass is 31.2. The van der Waals surface area contributed by atoms with Crippen LogP contribution in [-0.4, -0.2) is 27.0 Å². The molecule has 0 atom stereocenters. The van der Waals surface area contributed by atoms with Gasteiger partial charge < -0.3 is 5.11 Å². The number of unbranched alkanes of at least 4 members (excludes halogenated alkanes) is 3. The van der Waals surface area contributed by atoms with Gasteiger partial charge in [0.25, 0.3) is 0 Å². The Kier molecular flexibility index (Phi) is 8.71. The van der Waals surface area contributed by atoms with E-state index < -0.39 is 13.2 Å². The summed E-state index contributed by atoms with van der Waals surface area (Å²) in [5.74, 6) is -0.701. The van der Waals surface area contributed by atoms with Crippen molar-refractivity contribution < 1.29 is 9.90 Å². The van der Waals surface area contributed by atoms with E-state index >= 15 is 0 Å². The molecule has 0 aliphatic carbocycles. The number of hydrogen-bond acceptors (Lipinski definition) is 2. The standard InChI is InChI=1S/C29H39N2O2P/c1-21(2)31-20-28(19-30-31)34(12-10-8-7-9-11-29(32)33,26-15-22(3)13-23(4)16-26)27-17-24(5)14-25(6)18-27/h13-21H,7-12H2,1-6H3/p+1. The van der Waals surface area contributed by atoms with E-state index in [-0.39, 0.29) is 6.42 Å². The lowest BCUT2D eigenvalue weighted by molar-refractivity contribution is -0.137. The molecule has 0 amide bonds. The van der Waals surface area contributed by atoms with E-state index in [0.29, 0.717) is 6.04 Å². The van der Waals surface area contributed by atoms with Crippen LogP contribution >= 0.6 is 7.26 Å². The van der Waals surface area contributed by atoms with Crippen molar-refractivity contribution in [1.29, 1.82) is 0 Å². The van der Waals surface area contributed by atoms with Crippen molar-refractivity contribution in [2.75, 3.05) is 6.16 Å². The maximum Gasteiger partial charge on any atom is 0.303 e. The third kappa shape index (κ3) is 6.16. The first-order chi connectivity index (χ1) is 16.1. The van der Waals surface area contributed by atoms with Crippen LogP contribution in [0.1, 0.15) is 74.2 Å². The minimum absolute atomic E-state index is 0.260. The quantitative estimate of drug-likeness (QED) is 0.270. The first-order valence-corrected chi connectivity index (χ1v) is 14.4. The summed E-state index contributed by atoms with van der Waals surface area (Å²) in [6.45, 7) is 13.1. The maximum absolute atomic E-state index is 10.9. The maximum atomic E-state index is 10.9. The molecule has 34 heavy (non-hydrogen) atoms. The molecule has 0 fully saturated rings. The summed E-state index contributed by atoms with van der Waals surface area (Å²) < 4.78 is 2.09. The van der Waals surface area contributed by atoms with Gasteiger partial charge in [0, 0.05) is 12.5 Å². The second kappa shape index (κ2) is 11.3. The average molecular weight is 480 g/mol. The molecule has 1 heterocycles. The fourth-order valence-electron chi connectivity index (χ4n) is 4.96. The summed E-state index contributed by atoms with van der Waals surface area (Å²) in [7, 11) is -1.95. The first kappa shape index (κ1) is 26.2. The van der Waals surface area contributed by atoms with Crippen LogP contribution in [0.2, 0.25) is 0 Å². The summed E-state index contributed by atoms with van der Waals surface area (Å²) in [4.78, 5) is 10.9. The fraction of sp³-hybridized carbons (Fsp3) is 0.448. The molecule has 182 valence electrons. The highest BCUT2D eigenvalue weighted by Crippen LogP contribution is 2.56. The number of carbonyl (C=O) groups is 1. The van der Waals surface area contributed by atoms with E-state index in [4.69, 9.17) is 10.2 Å². The van der Waals surface area contributed by atoms with Crippen LogP contribution in [0, 0.1) is 27.7 Å². The van der Waals surface area contributed by atoms with Gasteiger partial charge in [-0.3, -0.25) is 9.48 Å². The van der Waals surface area contributed by atoms with Gasteiger partial charge in [-0.25, -0.2) is 0 Å². The van der Waals surface area contributed by atoms with Gasteiger partial charge in [0.2, 0.25) is 0 Å². The van der Waals surface area contributed by atoms with Crippen LogP contribution in [0.4, 0.5) is 0 Å². The zero-order valence-corrected chi connectivity index (χ0v) is 22.5. The summed E-state index contributed by atoms with van der Waals surface area (Å²) in [5.41, 5.74) is 5.17. The van der Waals surface area contributed by atoms with Gasteiger partial charge in [-0.05, 0) is 107 Å². The predicted octanol–water partition coefficient (Wildman–Crippen LogP) is 6.03. The van der Waals surface area contributed by atoms with E-state index in [1.54, 1.807) is 0 Å². The molecule has 1 aromatic heterocycles. The molecule has 0 spiro atoms. The smallest absolute Gasteiger partial charge is 0.303 e. The van der Waals surface area contributed by atoms with Crippen LogP contribution in [0.5, 0.6) is 0 Å². The van der Waals surface area contributed by atoms with E-state index in [1.807, 2.05) is 0 Å². The van der Waals surface area contributed by atoms with Gasteiger partial charge >= 0.3 is 5.97 Å². The van der Waals surface area contributed by atoms with Gasteiger partial charge in [0.1, 0.15) is 23.2 Å². The zero-order chi connectivity index (χ0) is 24.9. The highest BCUT2D eigenvalue weighted by Gasteiger charge is 2.46. The second-order valence-electron chi connectivity index (χ2n) is 10.1. The molecule has 2 aromatic carbocycles. The molecule has 0 radical (unpaired) electrons. The van der Waals surface area contributed by atoms with Crippen molar-refractivity contribution in [3.63, 3.8) is 0 Å². The number of aryl methyl sites for hydroxylation is 4. The first-order valence-electron chi connectivity index (χ1n) is 12.4. The monoisotopic (exact) mass is 479 g/mol. The molecular weight excluding hydrogens is 439 g/mol. The van der Waals surface area contributed by atoms with Gasteiger partial charge in [0.05, 0.1) is 18.6 Å². The Balaban J connectivity index is 2.15. The fourth-order valence-corrected chi connectivity index (χ4v) is 9.59. The Hall–Kier alpha value is -2.45. The van der Waals surface area contributed by atoms with Crippen LogP contribution in [-0.2, 0) is 4.79 Å².